The second-order valence-electron chi connectivity index (χ2n) is 3.59. The minimum atomic E-state index is -3.60. The van der Waals surface area contributed by atoms with E-state index in [0.717, 1.165) is 17.1 Å². The van der Waals surface area contributed by atoms with Crippen LogP contribution in [0.25, 0.3) is 0 Å². The van der Waals surface area contributed by atoms with Gasteiger partial charge in [0.05, 0.1) is 21.6 Å². The molecule has 2 aromatic heterocycles. The second-order valence-corrected chi connectivity index (χ2v) is 8.36. The standard InChI is InChI=1S/C10H10BrClN2O3S2/c1-2-6-4-13-8(17-6)5-14-19(15,16)9-3-7(12)10(11)18-9/h3-4,14H,2,5H2,1H3. The summed E-state index contributed by atoms with van der Waals surface area (Å²) in [5.74, 6) is 1.05. The molecule has 0 amide bonds. The Kier molecular flexibility index (Phi) is 4.67. The van der Waals surface area contributed by atoms with Crippen LogP contribution in [0.5, 0.6) is 0 Å². The molecule has 9 heteroatoms. The predicted octanol–water partition coefficient (Wildman–Crippen LogP) is 3.19. The summed E-state index contributed by atoms with van der Waals surface area (Å²) in [6.07, 6.45) is 2.30. The highest BCUT2D eigenvalue weighted by Crippen LogP contribution is 2.34. The smallest absolute Gasteiger partial charge is 0.250 e. The lowest BCUT2D eigenvalue weighted by atomic mass is 10.4. The maximum atomic E-state index is 12.0. The average molecular weight is 386 g/mol. The molecule has 2 heterocycles. The zero-order chi connectivity index (χ0) is 14.0. The van der Waals surface area contributed by atoms with Crippen LogP contribution < -0.4 is 4.72 Å². The molecule has 0 aliphatic heterocycles. The van der Waals surface area contributed by atoms with Gasteiger partial charge in [-0.15, -0.1) is 11.3 Å². The number of hydrogen-bond acceptors (Lipinski definition) is 5. The summed E-state index contributed by atoms with van der Waals surface area (Å²) in [6, 6.07) is 1.39. The van der Waals surface area contributed by atoms with E-state index >= 15 is 0 Å². The van der Waals surface area contributed by atoms with Crippen LogP contribution in [0, 0.1) is 0 Å². The molecule has 0 fully saturated rings. The van der Waals surface area contributed by atoms with Crippen molar-refractivity contribution in [1.82, 2.24) is 9.71 Å². The van der Waals surface area contributed by atoms with Gasteiger partial charge < -0.3 is 4.42 Å². The van der Waals surface area contributed by atoms with Crippen molar-refractivity contribution in [2.24, 2.45) is 0 Å². The Morgan fingerprint density at radius 2 is 2.32 bits per heavy atom. The molecular formula is C10H10BrClN2O3S2. The van der Waals surface area contributed by atoms with Crippen LogP contribution in [0.2, 0.25) is 5.02 Å². The highest BCUT2D eigenvalue weighted by molar-refractivity contribution is 9.11. The highest BCUT2D eigenvalue weighted by Gasteiger charge is 2.19. The van der Waals surface area contributed by atoms with Crippen molar-refractivity contribution in [2.45, 2.75) is 24.1 Å². The number of halogens is 2. The third kappa shape index (κ3) is 3.57. The summed E-state index contributed by atoms with van der Waals surface area (Å²) in [4.78, 5) is 3.98. The first-order chi connectivity index (χ1) is 8.92. The first-order valence-electron chi connectivity index (χ1n) is 5.30. The molecular weight excluding hydrogens is 376 g/mol. The van der Waals surface area contributed by atoms with Crippen molar-refractivity contribution in [1.29, 1.82) is 0 Å². The molecule has 0 atom stereocenters. The van der Waals surface area contributed by atoms with E-state index in [0.29, 0.717) is 21.1 Å². The highest BCUT2D eigenvalue weighted by atomic mass is 79.9. The first kappa shape index (κ1) is 15.0. The molecule has 0 unspecified atom stereocenters. The molecule has 5 nitrogen and oxygen atoms in total. The van der Waals surface area contributed by atoms with Crippen molar-refractivity contribution in [3.05, 3.63) is 32.7 Å². The van der Waals surface area contributed by atoms with E-state index in [1.54, 1.807) is 6.20 Å². The number of nitrogens with one attached hydrogen (secondary N) is 1. The third-order valence-electron chi connectivity index (χ3n) is 2.25. The average Bonchev–Trinajstić information content (AvgIpc) is 2.95. The third-order valence-corrected chi connectivity index (χ3v) is 6.60. The largest absolute Gasteiger partial charge is 0.444 e. The van der Waals surface area contributed by atoms with Gasteiger partial charge in [-0.2, -0.15) is 0 Å². The molecule has 0 radical (unpaired) electrons. The molecule has 104 valence electrons. The molecule has 0 aliphatic carbocycles. The maximum absolute atomic E-state index is 12.0. The summed E-state index contributed by atoms with van der Waals surface area (Å²) in [5.41, 5.74) is 0. The summed E-state index contributed by atoms with van der Waals surface area (Å²) >= 11 is 10.0. The Morgan fingerprint density at radius 3 is 2.84 bits per heavy atom. The number of hydrogen-bond donors (Lipinski definition) is 1. The molecule has 0 saturated carbocycles. The Bertz CT molecular complexity index is 661. The van der Waals surface area contributed by atoms with Crippen LogP contribution >= 0.6 is 38.9 Å². The molecule has 0 aromatic carbocycles. The van der Waals surface area contributed by atoms with E-state index in [2.05, 4.69) is 25.6 Å². The summed E-state index contributed by atoms with van der Waals surface area (Å²) in [6.45, 7) is 1.94. The molecule has 0 bridgehead atoms. The van der Waals surface area contributed by atoms with E-state index in [-0.39, 0.29) is 10.8 Å². The van der Waals surface area contributed by atoms with Gasteiger partial charge in [0.15, 0.2) is 0 Å². The van der Waals surface area contributed by atoms with Gasteiger partial charge in [-0.25, -0.2) is 18.1 Å². The minimum absolute atomic E-state index is 0.00940. The number of aryl methyl sites for hydroxylation is 1. The zero-order valence-corrected chi connectivity index (χ0v) is 13.8. The predicted molar refractivity (Wildman–Crippen MR) is 76.9 cm³/mol. The zero-order valence-electron chi connectivity index (χ0n) is 9.81. The maximum Gasteiger partial charge on any atom is 0.250 e. The van der Waals surface area contributed by atoms with E-state index in [4.69, 9.17) is 16.0 Å². The van der Waals surface area contributed by atoms with Crippen LogP contribution in [0.4, 0.5) is 0 Å². The molecule has 0 saturated heterocycles. The number of rotatable bonds is 5. The fourth-order valence-corrected chi connectivity index (χ4v) is 4.70. The van der Waals surface area contributed by atoms with Crippen LogP contribution in [0.1, 0.15) is 18.6 Å². The van der Waals surface area contributed by atoms with Crippen LogP contribution in [-0.4, -0.2) is 13.4 Å². The Balaban J connectivity index is 2.09. The van der Waals surface area contributed by atoms with Gasteiger partial charge in [0.1, 0.15) is 9.97 Å². The van der Waals surface area contributed by atoms with Crippen molar-refractivity contribution in [3.63, 3.8) is 0 Å². The number of aromatic nitrogens is 1. The van der Waals surface area contributed by atoms with Gasteiger partial charge in [0.2, 0.25) is 5.89 Å². The Morgan fingerprint density at radius 1 is 1.58 bits per heavy atom. The lowest BCUT2D eigenvalue weighted by Gasteiger charge is -2.01. The topological polar surface area (TPSA) is 72.2 Å². The monoisotopic (exact) mass is 384 g/mol. The normalized spacial score (nSPS) is 11.9. The minimum Gasteiger partial charge on any atom is -0.444 e. The lowest BCUT2D eigenvalue weighted by molar-refractivity contribution is 0.452. The first-order valence-corrected chi connectivity index (χ1v) is 8.77. The molecule has 19 heavy (non-hydrogen) atoms. The van der Waals surface area contributed by atoms with Gasteiger partial charge in [-0.3, -0.25) is 0 Å². The van der Waals surface area contributed by atoms with E-state index in [1.807, 2.05) is 6.92 Å². The molecule has 2 aromatic rings. The quantitative estimate of drug-likeness (QED) is 0.858. The number of nitrogens with zero attached hydrogens (tertiary/aromatic N) is 1. The number of thiophene rings is 1. The van der Waals surface area contributed by atoms with Crippen molar-refractivity contribution >= 4 is 48.9 Å². The van der Waals surface area contributed by atoms with E-state index < -0.39 is 10.0 Å². The van der Waals surface area contributed by atoms with Gasteiger partial charge in [-0.1, -0.05) is 18.5 Å². The van der Waals surface area contributed by atoms with Crippen molar-refractivity contribution in [2.75, 3.05) is 0 Å². The summed E-state index contributed by atoms with van der Waals surface area (Å²) < 4.78 is 32.5. The fourth-order valence-electron chi connectivity index (χ4n) is 1.28. The van der Waals surface area contributed by atoms with Gasteiger partial charge in [0, 0.05) is 6.42 Å². The van der Waals surface area contributed by atoms with Crippen molar-refractivity contribution < 1.29 is 12.8 Å². The Labute approximate surface area is 128 Å². The molecule has 0 aliphatic rings. The second kappa shape index (κ2) is 5.92. The van der Waals surface area contributed by atoms with E-state index in [9.17, 15) is 8.42 Å². The molecule has 1 N–H and O–H groups in total. The van der Waals surface area contributed by atoms with Crippen LogP contribution in [-0.2, 0) is 23.0 Å². The fraction of sp³-hybridized carbons (Fsp3) is 0.300. The van der Waals surface area contributed by atoms with E-state index in [1.165, 1.54) is 6.07 Å². The van der Waals surface area contributed by atoms with Crippen LogP contribution in [0.3, 0.4) is 0 Å². The SMILES string of the molecule is CCc1cnc(CNS(=O)(=O)c2cc(Cl)c(Br)s2)o1. The molecule has 0 spiro atoms. The molecule has 2 rings (SSSR count). The summed E-state index contributed by atoms with van der Waals surface area (Å²) in [7, 11) is -3.60. The lowest BCUT2D eigenvalue weighted by Crippen LogP contribution is -2.22. The van der Waals surface area contributed by atoms with Crippen molar-refractivity contribution in [3.8, 4) is 0 Å². The number of sulfonamides is 1. The Hall–Kier alpha value is -0.410. The van der Waals surface area contributed by atoms with Gasteiger partial charge in [-0.05, 0) is 22.0 Å². The van der Waals surface area contributed by atoms with Crippen LogP contribution in [0.15, 0.2) is 24.7 Å². The van der Waals surface area contributed by atoms with Gasteiger partial charge in [0.25, 0.3) is 10.0 Å². The van der Waals surface area contributed by atoms with Gasteiger partial charge >= 0.3 is 0 Å². The summed E-state index contributed by atoms with van der Waals surface area (Å²) in [5, 5.41) is 0.370. The number of oxazole rings is 1.